The Kier molecular flexibility index (Phi) is 12.8. The summed E-state index contributed by atoms with van der Waals surface area (Å²) in [4.78, 5) is 14.3. The van der Waals surface area contributed by atoms with Gasteiger partial charge in [0, 0.05) is 36.3 Å². The lowest BCUT2D eigenvalue weighted by molar-refractivity contribution is 0.163. The first-order chi connectivity index (χ1) is 26.2. The van der Waals surface area contributed by atoms with Crippen LogP contribution < -0.4 is 28.4 Å². The number of hydrogen-bond donors (Lipinski definition) is 3. The van der Waals surface area contributed by atoms with Crippen molar-refractivity contribution in [2.45, 2.75) is 69.7 Å². The Morgan fingerprint density at radius 2 is 0.741 bits per heavy atom. The third kappa shape index (κ3) is 8.20. The van der Waals surface area contributed by atoms with Crippen molar-refractivity contribution in [2.75, 3.05) is 62.3 Å². The molecule has 3 N–H and O–H groups in total. The SMILES string of the molecule is COc1cc2c(cc1OC)C(C(O)CCC(CCC(O)C1=NCCc3cc(OC)c(OC)cc31)CC(O)C1=NCCc3cc(OC)c(OC)cc31)=NCC2. The van der Waals surface area contributed by atoms with E-state index < -0.39 is 18.3 Å². The van der Waals surface area contributed by atoms with E-state index in [-0.39, 0.29) is 5.92 Å². The Balaban J connectivity index is 1.23. The van der Waals surface area contributed by atoms with Crippen LogP contribution in [-0.4, -0.2) is 113 Å². The lowest BCUT2D eigenvalue weighted by atomic mass is 9.83. The number of aliphatic hydroxyl groups is 3. The average Bonchev–Trinajstić information content (AvgIpc) is 3.21. The summed E-state index contributed by atoms with van der Waals surface area (Å²) in [5.74, 6) is 3.58. The van der Waals surface area contributed by atoms with Gasteiger partial charge in [-0.05, 0) is 110 Å². The molecule has 0 spiro atoms. The molecule has 54 heavy (non-hydrogen) atoms. The number of methoxy groups -OCH3 is 6. The molecule has 12 heteroatoms. The van der Waals surface area contributed by atoms with Crippen LogP contribution in [0, 0.1) is 5.92 Å². The molecular weight excluding hydrogens is 690 g/mol. The molecule has 3 aliphatic rings. The van der Waals surface area contributed by atoms with Crippen LogP contribution in [0.4, 0.5) is 0 Å². The first kappa shape index (κ1) is 39.1. The molecule has 6 rings (SSSR count). The fourth-order valence-corrected chi connectivity index (χ4v) is 7.97. The van der Waals surface area contributed by atoms with Gasteiger partial charge in [0.1, 0.15) is 0 Å². The van der Waals surface area contributed by atoms with Gasteiger partial charge < -0.3 is 43.7 Å². The maximum atomic E-state index is 11.9. The quantitative estimate of drug-likeness (QED) is 0.177. The monoisotopic (exact) mass is 743 g/mol. The van der Waals surface area contributed by atoms with E-state index in [1.807, 2.05) is 36.4 Å². The highest BCUT2D eigenvalue weighted by Crippen LogP contribution is 2.37. The normalized spacial score (nSPS) is 16.9. The fraction of sp³-hybridized carbons (Fsp3) is 0.500. The van der Waals surface area contributed by atoms with Crippen LogP contribution in [-0.2, 0) is 19.3 Å². The zero-order chi connectivity index (χ0) is 38.4. The molecule has 290 valence electrons. The van der Waals surface area contributed by atoms with E-state index in [1.165, 1.54) is 0 Å². The van der Waals surface area contributed by atoms with Gasteiger partial charge in [0.05, 0.1) is 78.1 Å². The molecule has 0 aliphatic carbocycles. The molecule has 3 heterocycles. The van der Waals surface area contributed by atoms with E-state index in [4.69, 9.17) is 43.4 Å². The Bertz CT molecular complexity index is 1810. The van der Waals surface area contributed by atoms with Gasteiger partial charge in [0.25, 0.3) is 0 Å². The molecule has 0 amide bonds. The maximum Gasteiger partial charge on any atom is 0.161 e. The largest absolute Gasteiger partial charge is 0.493 e. The highest BCUT2D eigenvalue weighted by molar-refractivity contribution is 6.07. The number of aliphatic imine (C=N–C) groups is 3. The van der Waals surface area contributed by atoms with Crippen LogP contribution >= 0.6 is 0 Å². The van der Waals surface area contributed by atoms with Crippen molar-refractivity contribution in [1.82, 2.24) is 0 Å². The Morgan fingerprint density at radius 1 is 0.444 bits per heavy atom. The topological polar surface area (TPSA) is 153 Å². The third-order valence-electron chi connectivity index (χ3n) is 10.8. The van der Waals surface area contributed by atoms with Crippen molar-refractivity contribution < 1.29 is 43.7 Å². The van der Waals surface area contributed by atoms with Crippen LogP contribution in [0.2, 0.25) is 0 Å². The van der Waals surface area contributed by atoms with Crippen molar-refractivity contribution in [3.05, 3.63) is 69.8 Å². The molecule has 3 aromatic rings. The first-order valence-corrected chi connectivity index (χ1v) is 18.7. The molecule has 3 atom stereocenters. The van der Waals surface area contributed by atoms with Gasteiger partial charge in [0.15, 0.2) is 34.5 Å². The molecule has 12 nitrogen and oxygen atoms in total. The minimum absolute atomic E-state index is 0.0827. The van der Waals surface area contributed by atoms with Gasteiger partial charge >= 0.3 is 0 Å². The Morgan fingerprint density at radius 3 is 1.06 bits per heavy atom. The predicted molar refractivity (Wildman–Crippen MR) is 209 cm³/mol. The van der Waals surface area contributed by atoms with E-state index in [0.717, 1.165) is 52.6 Å². The van der Waals surface area contributed by atoms with E-state index in [2.05, 4.69) is 0 Å². The van der Waals surface area contributed by atoms with E-state index >= 15 is 0 Å². The third-order valence-corrected chi connectivity index (χ3v) is 10.8. The van der Waals surface area contributed by atoms with Gasteiger partial charge in [-0.1, -0.05) is 0 Å². The smallest absolute Gasteiger partial charge is 0.161 e. The molecule has 0 fully saturated rings. The predicted octanol–water partition coefficient (Wildman–Crippen LogP) is 4.82. The fourth-order valence-electron chi connectivity index (χ4n) is 7.97. The molecule has 0 saturated heterocycles. The van der Waals surface area contributed by atoms with Crippen LogP contribution in [0.3, 0.4) is 0 Å². The molecule has 0 saturated carbocycles. The Labute approximate surface area is 317 Å². The van der Waals surface area contributed by atoms with Gasteiger partial charge in [-0.15, -0.1) is 0 Å². The number of fused-ring (bicyclic) bond motifs is 3. The summed E-state index contributed by atoms with van der Waals surface area (Å²) < 4.78 is 33.3. The lowest BCUT2D eigenvalue weighted by Crippen LogP contribution is -2.31. The zero-order valence-corrected chi connectivity index (χ0v) is 32.2. The molecule has 3 unspecified atom stereocenters. The second-order valence-electron chi connectivity index (χ2n) is 13.9. The highest BCUT2D eigenvalue weighted by atomic mass is 16.5. The summed E-state index contributed by atoms with van der Waals surface area (Å²) in [6.07, 6.45) is 2.01. The number of hydrogen-bond acceptors (Lipinski definition) is 12. The molecule has 0 radical (unpaired) electrons. The van der Waals surface area contributed by atoms with Crippen molar-refractivity contribution in [2.24, 2.45) is 20.9 Å². The van der Waals surface area contributed by atoms with Crippen LogP contribution in [0.25, 0.3) is 0 Å². The maximum absolute atomic E-state index is 11.9. The molecular formula is C42H53N3O9. The zero-order valence-electron chi connectivity index (χ0n) is 32.2. The minimum atomic E-state index is -0.879. The number of ether oxygens (including phenoxy) is 6. The summed E-state index contributed by atoms with van der Waals surface area (Å²) in [7, 11) is 9.62. The highest BCUT2D eigenvalue weighted by Gasteiger charge is 2.30. The van der Waals surface area contributed by atoms with Crippen molar-refractivity contribution in [3.8, 4) is 34.5 Å². The summed E-state index contributed by atoms with van der Waals surface area (Å²) in [6, 6.07) is 11.6. The standard InChI is InChI=1S/C42H53N3O9/c1-49-34-18-25-11-14-43-40(28(25)21-37(34)52-4)31(46)9-7-24(17-33(48)42-30-23-39(54-6)36(51-3)20-27(30)13-16-45-42)8-10-32(47)41-29-22-38(53-5)35(50-2)19-26(29)12-15-44-41/h18-24,31-33,46-48H,7-17H2,1-6H3. The van der Waals surface area contributed by atoms with Crippen LogP contribution in [0.15, 0.2) is 51.4 Å². The van der Waals surface area contributed by atoms with Gasteiger partial charge in [0.2, 0.25) is 0 Å². The second kappa shape index (κ2) is 17.7. The van der Waals surface area contributed by atoms with E-state index in [0.29, 0.717) is 103 Å². The number of rotatable bonds is 17. The molecule has 3 aromatic carbocycles. The lowest BCUT2D eigenvalue weighted by Gasteiger charge is -2.28. The van der Waals surface area contributed by atoms with Gasteiger partial charge in [-0.25, -0.2) is 0 Å². The summed E-state index contributed by atoms with van der Waals surface area (Å²) in [6.45, 7) is 1.69. The number of benzene rings is 3. The minimum Gasteiger partial charge on any atom is -0.493 e. The van der Waals surface area contributed by atoms with Crippen molar-refractivity contribution in [1.29, 1.82) is 0 Å². The second-order valence-corrected chi connectivity index (χ2v) is 13.9. The van der Waals surface area contributed by atoms with Crippen molar-refractivity contribution >= 4 is 17.1 Å². The van der Waals surface area contributed by atoms with Crippen LogP contribution in [0.5, 0.6) is 34.5 Å². The van der Waals surface area contributed by atoms with Gasteiger partial charge in [-0.2, -0.15) is 0 Å². The average molecular weight is 744 g/mol. The molecule has 3 aliphatic heterocycles. The Hall–Kier alpha value is -4.65. The number of aliphatic hydroxyl groups excluding tert-OH is 3. The summed E-state index contributed by atoms with van der Waals surface area (Å²) in [5, 5.41) is 35.2. The van der Waals surface area contributed by atoms with Crippen molar-refractivity contribution in [3.63, 3.8) is 0 Å². The van der Waals surface area contributed by atoms with Crippen LogP contribution in [0.1, 0.15) is 65.5 Å². The van der Waals surface area contributed by atoms with E-state index in [1.54, 1.807) is 42.7 Å². The van der Waals surface area contributed by atoms with E-state index in [9.17, 15) is 15.3 Å². The summed E-state index contributed by atoms with van der Waals surface area (Å²) in [5.41, 5.74) is 7.57. The number of nitrogens with zero attached hydrogens (tertiary/aromatic N) is 3. The van der Waals surface area contributed by atoms with Gasteiger partial charge in [-0.3, -0.25) is 15.0 Å². The first-order valence-electron chi connectivity index (χ1n) is 18.7. The summed E-state index contributed by atoms with van der Waals surface area (Å²) >= 11 is 0. The molecule has 0 aromatic heterocycles. The molecule has 0 bridgehead atoms.